The minimum atomic E-state index is -4.71. The number of hydrogen-bond acceptors (Lipinski definition) is 3. The number of alkyl halides is 3. The first-order chi connectivity index (χ1) is 9.12. The molecule has 0 atom stereocenters. The summed E-state index contributed by atoms with van der Waals surface area (Å²) in [5.41, 5.74) is 3.52. The van der Waals surface area contributed by atoms with E-state index in [0.717, 1.165) is 12.1 Å². The van der Waals surface area contributed by atoms with Crippen LogP contribution in [0.3, 0.4) is 0 Å². The van der Waals surface area contributed by atoms with E-state index in [1.807, 2.05) is 0 Å². The van der Waals surface area contributed by atoms with Crippen molar-refractivity contribution in [1.82, 2.24) is 0 Å². The Labute approximate surface area is 113 Å². The number of Topliss-reactive ketones (excluding diaryl/α,β-unsaturated/α-hetero) is 1. The van der Waals surface area contributed by atoms with E-state index >= 15 is 0 Å². The molecule has 1 rings (SSSR count). The SMILES string of the molecule is CC(C)C(=O)COc1ccc(C(N)=O)cc1C(F)(F)F. The van der Waals surface area contributed by atoms with E-state index in [4.69, 9.17) is 10.5 Å². The second-order valence-electron chi connectivity index (χ2n) is 4.48. The summed E-state index contributed by atoms with van der Waals surface area (Å²) < 4.78 is 43.5. The number of ketones is 1. The molecule has 1 amide bonds. The summed E-state index contributed by atoms with van der Waals surface area (Å²) in [6.45, 7) is 2.77. The van der Waals surface area contributed by atoms with Crippen molar-refractivity contribution in [2.45, 2.75) is 20.0 Å². The highest BCUT2D eigenvalue weighted by Gasteiger charge is 2.35. The molecule has 1 aromatic carbocycles. The molecule has 1 aromatic rings. The number of benzene rings is 1. The van der Waals surface area contributed by atoms with Crippen molar-refractivity contribution in [2.24, 2.45) is 11.7 Å². The molecule has 0 aliphatic carbocycles. The van der Waals surface area contributed by atoms with Crippen LogP contribution in [0.4, 0.5) is 13.2 Å². The van der Waals surface area contributed by atoms with Gasteiger partial charge in [0.05, 0.1) is 5.56 Å². The standard InChI is InChI=1S/C13H14F3NO3/c1-7(2)10(18)6-20-11-4-3-8(12(17)19)5-9(11)13(14,15)16/h3-5,7H,6H2,1-2H3,(H2,17,19). The van der Waals surface area contributed by atoms with Crippen LogP contribution in [0.2, 0.25) is 0 Å². The molecule has 0 fully saturated rings. The first-order valence-electron chi connectivity index (χ1n) is 5.79. The van der Waals surface area contributed by atoms with Crippen molar-refractivity contribution in [3.63, 3.8) is 0 Å². The minimum Gasteiger partial charge on any atom is -0.485 e. The molecule has 2 N–H and O–H groups in total. The molecule has 0 saturated heterocycles. The van der Waals surface area contributed by atoms with E-state index in [9.17, 15) is 22.8 Å². The molecule has 0 spiro atoms. The Bertz CT molecular complexity index is 524. The van der Waals surface area contributed by atoms with Crippen molar-refractivity contribution >= 4 is 11.7 Å². The summed E-state index contributed by atoms with van der Waals surface area (Å²) in [5, 5.41) is 0. The molecule has 20 heavy (non-hydrogen) atoms. The molecule has 7 heteroatoms. The Kier molecular flexibility index (Phi) is 4.75. The molecular weight excluding hydrogens is 275 g/mol. The normalized spacial score (nSPS) is 11.5. The van der Waals surface area contributed by atoms with E-state index in [1.54, 1.807) is 13.8 Å². The first-order valence-corrected chi connectivity index (χ1v) is 5.79. The van der Waals surface area contributed by atoms with Crippen LogP contribution in [0.15, 0.2) is 18.2 Å². The summed E-state index contributed by atoms with van der Waals surface area (Å²) in [7, 11) is 0. The van der Waals surface area contributed by atoms with Gasteiger partial charge in [-0.3, -0.25) is 9.59 Å². The number of rotatable bonds is 5. The molecule has 0 radical (unpaired) electrons. The van der Waals surface area contributed by atoms with Gasteiger partial charge >= 0.3 is 6.18 Å². The van der Waals surface area contributed by atoms with Gasteiger partial charge in [0.1, 0.15) is 12.4 Å². The van der Waals surface area contributed by atoms with Gasteiger partial charge in [-0.05, 0) is 18.2 Å². The second-order valence-corrected chi connectivity index (χ2v) is 4.48. The van der Waals surface area contributed by atoms with Gasteiger partial charge in [0.15, 0.2) is 5.78 Å². The monoisotopic (exact) mass is 289 g/mol. The van der Waals surface area contributed by atoms with Gasteiger partial charge in [-0.25, -0.2) is 0 Å². The maximum absolute atomic E-state index is 12.9. The smallest absolute Gasteiger partial charge is 0.419 e. The number of ether oxygens (including phenoxy) is 1. The molecule has 0 heterocycles. The number of amides is 1. The van der Waals surface area contributed by atoms with Crippen molar-refractivity contribution in [2.75, 3.05) is 6.61 Å². The van der Waals surface area contributed by atoms with Crippen molar-refractivity contribution in [3.05, 3.63) is 29.3 Å². The Morgan fingerprint density at radius 1 is 1.30 bits per heavy atom. The fourth-order valence-corrected chi connectivity index (χ4v) is 1.35. The van der Waals surface area contributed by atoms with E-state index in [-0.39, 0.29) is 17.3 Å². The number of carbonyl (C=O) groups excluding carboxylic acids is 2. The zero-order valence-electron chi connectivity index (χ0n) is 11.0. The van der Waals surface area contributed by atoms with Gasteiger partial charge in [-0.2, -0.15) is 13.2 Å². The van der Waals surface area contributed by atoms with Gasteiger partial charge in [-0.1, -0.05) is 13.8 Å². The Morgan fingerprint density at radius 2 is 1.90 bits per heavy atom. The lowest BCUT2D eigenvalue weighted by atomic mass is 10.1. The largest absolute Gasteiger partial charge is 0.485 e. The first kappa shape index (κ1) is 16.0. The van der Waals surface area contributed by atoms with Gasteiger partial charge in [0.2, 0.25) is 5.91 Å². The fourth-order valence-electron chi connectivity index (χ4n) is 1.35. The summed E-state index contributed by atoms with van der Waals surface area (Å²) in [6, 6.07) is 2.71. The molecule has 0 aliphatic heterocycles. The number of nitrogens with two attached hydrogens (primary N) is 1. The number of carbonyl (C=O) groups is 2. The van der Waals surface area contributed by atoms with Gasteiger partial charge in [0.25, 0.3) is 0 Å². The second kappa shape index (κ2) is 5.94. The highest BCUT2D eigenvalue weighted by atomic mass is 19.4. The third-order valence-corrected chi connectivity index (χ3v) is 2.58. The lowest BCUT2D eigenvalue weighted by Gasteiger charge is -2.15. The molecule has 0 unspecified atom stereocenters. The molecule has 0 aliphatic rings. The maximum Gasteiger partial charge on any atom is 0.419 e. The lowest BCUT2D eigenvalue weighted by molar-refractivity contribution is -0.139. The zero-order valence-corrected chi connectivity index (χ0v) is 11.0. The Morgan fingerprint density at radius 3 is 2.35 bits per heavy atom. The van der Waals surface area contributed by atoms with Crippen LogP contribution in [0.1, 0.15) is 29.8 Å². The lowest BCUT2D eigenvalue weighted by Crippen LogP contribution is -2.19. The molecule has 0 aromatic heterocycles. The minimum absolute atomic E-state index is 0.278. The van der Waals surface area contributed by atoms with Gasteiger partial charge in [-0.15, -0.1) is 0 Å². The molecule has 0 saturated carbocycles. The summed E-state index contributed by atoms with van der Waals surface area (Å²) in [5.74, 6) is -2.14. The van der Waals surface area contributed by atoms with Gasteiger partial charge in [0, 0.05) is 11.5 Å². The molecule has 110 valence electrons. The van der Waals surface area contributed by atoms with Crippen molar-refractivity contribution in [1.29, 1.82) is 0 Å². The van der Waals surface area contributed by atoms with Crippen LogP contribution < -0.4 is 10.5 Å². The maximum atomic E-state index is 12.9. The van der Waals surface area contributed by atoms with Crippen LogP contribution in [-0.2, 0) is 11.0 Å². The van der Waals surface area contributed by atoms with Crippen LogP contribution in [-0.4, -0.2) is 18.3 Å². The van der Waals surface area contributed by atoms with Crippen LogP contribution >= 0.6 is 0 Å². The summed E-state index contributed by atoms with van der Waals surface area (Å²) >= 11 is 0. The topological polar surface area (TPSA) is 69.4 Å². The number of primary amides is 1. The highest BCUT2D eigenvalue weighted by molar-refractivity contribution is 5.93. The zero-order chi connectivity index (χ0) is 15.5. The Balaban J connectivity index is 3.07. The average molecular weight is 289 g/mol. The highest BCUT2D eigenvalue weighted by Crippen LogP contribution is 2.36. The third kappa shape index (κ3) is 3.97. The number of hydrogen-bond donors (Lipinski definition) is 1. The summed E-state index contributed by atoms with van der Waals surface area (Å²) in [4.78, 5) is 22.3. The predicted octanol–water partition coefficient (Wildman–Crippen LogP) is 2.41. The quantitative estimate of drug-likeness (QED) is 0.905. The van der Waals surface area contributed by atoms with E-state index in [0.29, 0.717) is 6.07 Å². The van der Waals surface area contributed by atoms with Crippen LogP contribution in [0, 0.1) is 5.92 Å². The number of halogens is 3. The predicted molar refractivity (Wildman–Crippen MR) is 65.3 cm³/mol. The van der Waals surface area contributed by atoms with Gasteiger partial charge < -0.3 is 10.5 Å². The summed E-state index contributed by atoms with van der Waals surface area (Å²) in [6.07, 6.45) is -4.71. The van der Waals surface area contributed by atoms with Crippen LogP contribution in [0.5, 0.6) is 5.75 Å². The van der Waals surface area contributed by atoms with Crippen LogP contribution in [0.25, 0.3) is 0 Å². The molecule has 0 bridgehead atoms. The van der Waals surface area contributed by atoms with Crippen molar-refractivity contribution in [3.8, 4) is 5.75 Å². The van der Waals surface area contributed by atoms with Crippen molar-refractivity contribution < 1.29 is 27.5 Å². The van der Waals surface area contributed by atoms with E-state index in [2.05, 4.69) is 0 Å². The molecular formula is C13H14F3NO3. The van der Waals surface area contributed by atoms with E-state index < -0.39 is 30.0 Å². The third-order valence-electron chi connectivity index (χ3n) is 2.58. The Hall–Kier alpha value is -2.05. The van der Waals surface area contributed by atoms with E-state index in [1.165, 1.54) is 0 Å². The fraction of sp³-hybridized carbons (Fsp3) is 0.385. The average Bonchev–Trinajstić information content (AvgIpc) is 2.34. The molecule has 4 nitrogen and oxygen atoms in total.